The number of hydrogen-bond acceptors (Lipinski definition) is 3. The van der Waals surface area contributed by atoms with Gasteiger partial charge >= 0.3 is 0 Å². The molecule has 3 nitrogen and oxygen atoms in total. The average Bonchev–Trinajstić information content (AvgIpc) is 4.01. The van der Waals surface area contributed by atoms with Gasteiger partial charge in [0.25, 0.3) is 0 Å². The van der Waals surface area contributed by atoms with Gasteiger partial charge in [-0.2, -0.15) is 0 Å². The summed E-state index contributed by atoms with van der Waals surface area (Å²) in [6.45, 7) is 0. The van der Waals surface area contributed by atoms with Crippen LogP contribution in [0.3, 0.4) is 0 Å². The average molecular weight is 809 g/mol. The second kappa shape index (κ2) is 13.8. The molecular weight excluding hydrogens is 773 g/mol. The molecule has 0 fully saturated rings. The highest BCUT2D eigenvalue weighted by Gasteiger charge is 2.24. The molecule has 3 aromatic heterocycles. The van der Waals surface area contributed by atoms with E-state index in [1.54, 1.807) is 0 Å². The number of benzene rings is 10. The van der Waals surface area contributed by atoms with Crippen molar-refractivity contribution in [1.82, 2.24) is 4.40 Å². The minimum atomic E-state index is 0.862. The van der Waals surface area contributed by atoms with E-state index in [9.17, 15) is 0 Å². The van der Waals surface area contributed by atoms with Crippen LogP contribution in [0.15, 0.2) is 223 Å². The molecule has 0 radical (unpaired) electrons. The minimum absolute atomic E-state index is 0.862. The van der Waals surface area contributed by atoms with Gasteiger partial charge in [-0.3, -0.25) is 4.40 Å². The van der Waals surface area contributed by atoms with Gasteiger partial charge < -0.3 is 9.32 Å². The Morgan fingerprint density at radius 2 is 0.952 bits per heavy atom. The van der Waals surface area contributed by atoms with E-state index in [2.05, 4.69) is 228 Å². The number of rotatable bonds is 6. The number of fused-ring (bicyclic) bond motifs is 10. The third kappa shape index (κ3) is 5.30. The zero-order chi connectivity index (χ0) is 40.7. The predicted octanol–water partition coefficient (Wildman–Crippen LogP) is 17.0. The molecule has 0 saturated heterocycles. The lowest BCUT2D eigenvalue weighted by Gasteiger charge is -2.27. The number of aromatic nitrogens is 1. The molecule has 13 aromatic rings. The summed E-state index contributed by atoms with van der Waals surface area (Å²) in [7, 11) is 0. The smallest absolute Gasteiger partial charge is 0.213 e. The molecule has 0 atom stereocenters. The highest BCUT2D eigenvalue weighted by atomic mass is 32.1. The van der Waals surface area contributed by atoms with Crippen LogP contribution in [0.5, 0.6) is 0 Å². The van der Waals surface area contributed by atoms with Gasteiger partial charge in [-0.25, -0.2) is 0 Å². The van der Waals surface area contributed by atoms with Crippen LogP contribution < -0.4 is 4.90 Å². The molecule has 3 heterocycles. The van der Waals surface area contributed by atoms with E-state index < -0.39 is 0 Å². The predicted molar refractivity (Wildman–Crippen MR) is 264 cm³/mol. The second-order valence-corrected chi connectivity index (χ2v) is 17.1. The van der Waals surface area contributed by atoms with Crippen molar-refractivity contribution in [3.05, 3.63) is 218 Å². The third-order valence-electron chi connectivity index (χ3n) is 12.6. The molecule has 0 saturated carbocycles. The van der Waals surface area contributed by atoms with Gasteiger partial charge in [0.05, 0.1) is 22.3 Å². The van der Waals surface area contributed by atoms with Crippen molar-refractivity contribution in [3.63, 3.8) is 0 Å². The van der Waals surface area contributed by atoms with E-state index in [-0.39, 0.29) is 0 Å². The van der Waals surface area contributed by atoms with Gasteiger partial charge in [-0.1, -0.05) is 170 Å². The largest absolute Gasteiger partial charge is 0.438 e. The van der Waals surface area contributed by atoms with Crippen LogP contribution in [-0.2, 0) is 0 Å². The summed E-state index contributed by atoms with van der Waals surface area (Å²) in [6, 6.07) is 79.0. The van der Waals surface area contributed by atoms with Crippen molar-refractivity contribution in [2.75, 3.05) is 4.90 Å². The van der Waals surface area contributed by atoms with Crippen molar-refractivity contribution in [1.29, 1.82) is 0 Å². The first-order chi connectivity index (χ1) is 30.8. The van der Waals surface area contributed by atoms with Gasteiger partial charge in [-0.05, 0) is 81.4 Å². The van der Waals surface area contributed by atoms with Gasteiger partial charge in [0.15, 0.2) is 5.58 Å². The molecule has 290 valence electrons. The van der Waals surface area contributed by atoms with Crippen molar-refractivity contribution < 1.29 is 4.42 Å². The fourth-order valence-electron chi connectivity index (χ4n) is 9.80. The number of anilines is 3. The van der Waals surface area contributed by atoms with E-state index in [4.69, 9.17) is 4.42 Å². The van der Waals surface area contributed by atoms with Crippen LogP contribution in [0.1, 0.15) is 0 Å². The molecule has 0 spiro atoms. The number of oxazole rings is 1. The van der Waals surface area contributed by atoms with Crippen LogP contribution in [0.4, 0.5) is 17.1 Å². The lowest BCUT2D eigenvalue weighted by molar-refractivity contribution is 0.658. The summed E-state index contributed by atoms with van der Waals surface area (Å²) in [4.78, 5) is 2.38. The zero-order valence-electron chi connectivity index (χ0n) is 33.5. The summed E-state index contributed by atoms with van der Waals surface area (Å²) in [5.74, 6) is 0. The maximum Gasteiger partial charge on any atom is 0.213 e. The molecule has 0 bridgehead atoms. The Hall–Kier alpha value is -7.92. The number of para-hydroxylation sites is 2. The molecular formula is C58H36N2OS. The van der Waals surface area contributed by atoms with Crippen molar-refractivity contribution in [2.24, 2.45) is 0 Å². The molecule has 0 aliphatic heterocycles. The summed E-state index contributed by atoms with van der Waals surface area (Å²) in [5, 5.41) is 8.66. The summed E-state index contributed by atoms with van der Waals surface area (Å²) < 4.78 is 11.9. The maximum absolute atomic E-state index is 6.95. The molecule has 0 N–H and O–H groups in total. The van der Waals surface area contributed by atoms with E-state index in [0.29, 0.717) is 0 Å². The minimum Gasteiger partial charge on any atom is -0.438 e. The highest BCUT2D eigenvalue weighted by molar-refractivity contribution is 7.26. The van der Waals surface area contributed by atoms with Crippen molar-refractivity contribution >= 4 is 97.8 Å². The number of thiophene rings is 1. The Morgan fingerprint density at radius 3 is 1.74 bits per heavy atom. The van der Waals surface area contributed by atoms with Crippen LogP contribution in [0.25, 0.3) is 103 Å². The van der Waals surface area contributed by atoms with Gasteiger partial charge in [-0.15, -0.1) is 11.3 Å². The van der Waals surface area contributed by atoms with E-state index in [0.717, 1.165) is 56.1 Å². The fourth-order valence-corrected chi connectivity index (χ4v) is 11.0. The van der Waals surface area contributed by atoms with Gasteiger partial charge in [0.1, 0.15) is 0 Å². The Balaban J connectivity index is 0.962. The van der Waals surface area contributed by atoms with Gasteiger partial charge in [0, 0.05) is 53.4 Å². The number of nitrogens with zero attached hydrogens (tertiary/aromatic N) is 2. The molecule has 0 unspecified atom stereocenters. The summed E-state index contributed by atoms with van der Waals surface area (Å²) >= 11 is 1.86. The Morgan fingerprint density at radius 1 is 0.403 bits per heavy atom. The molecule has 62 heavy (non-hydrogen) atoms. The van der Waals surface area contributed by atoms with Crippen LogP contribution >= 0.6 is 11.3 Å². The standard InChI is InChI=1S/C58H36N2OS/c1-3-17-43-37(13-1)15-9-21-44(43)39-29-33-41(34-30-39)59(51-26-10-16-38-14-2-4-18-45(38)51)42-35-31-40(32-36-42)46-22-12-27-53-56(46)60-52-25-7-5-20-49(52)55(58(60)61-53)50-24-11-23-48-47-19-6-8-28-54(47)62-57(48)50/h1-36H. The normalized spacial score (nSPS) is 11.9. The summed E-state index contributed by atoms with van der Waals surface area (Å²) in [5.41, 5.74) is 14.2. The number of hydrogen-bond donors (Lipinski definition) is 0. The third-order valence-corrected chi connectivity index (χ3v) is 13.8. The first-order valence-electron chi connectivity index (χ1n) is 21.1. The molecule has 4 heteroatoms. The zero-order valence-corrected chi connectivity index (χ0v) is 34.3. The van der Waals surface area contributed by atoms with E-state index >= 15 is 0 Å². The van der Waals surface area contributed by atoms with Crippen LogP contribution in [0, 0.1) is 0 Å². The monoisotopic (exact) mass is 808 g/mol. The first kappa shape index (κ1) is 34.9. The topological polar surface area (TPSA) is 20.8 Å². The summed E-state index contributed by atoms with van der Waals surface area (Å²) in [6.07, 6.45) is 0. The maximum atomic E-state index is 6.95. The van der Waals surface area contributed by atoms with Crippen LogP contribution in [-0.4, -0.2) is 4.40 Å². The Labute approximate surface area is 361 Å². The quantitative estimate of drug-likeness (QED) is 0.167. The van der Waals surface area contributed by atoms with Gasteiger partial charge in [0.2, 0.25) is 5.71 Å². The Kier molecular flexibility index (Phi) is 7.78. The SMILES string of the molecule is c1ccc2c(-c3ccc(N(c4ccc(-c5cccc6oc7c(-c8cccc9c8sc8ccccc89)c8ccccc8n7c56)cc4)c4cccc5ccccc45)cc3)cccc2c1. The van der Waals surface area contributed by atoms with Crippen molar-refractivity contribution in [3.8, 4) is 33.4 Å². The van der Waals surface area contributed by atoms with Crippen LogP contribution in [0.2, 0.25) is 0 Å². The second-order valence-electron chi connectivity index (χ2n) is 16.0. The fraction of sp³-hybridized carbons (Fsp3) is 0. The van der Waals surface area contributed by atoms with Crippen molar-refractivity contribution in [2.45, 2.75) is 0 Å². The highest BCUT2D eigenvalue weighted by Crippen LogP contribution is 2.47. The Bertz CT molecular complexity index is 3860. The van der Waals surface area contributed by atoms with E-state index in [1.165, 1.54) is 63.8 Å². The lowest BCUT2D eigenvalue weighted by Crippen LogP contribution is -2.10. The molecule has 0 amide bonds. The van der Waals surface area contributed by atoms with E-state index in [1.807, 2.05) is 11.3 Å². The molecule has 13 rings (SSSR count). The first-order valence-corrected chi connectivity index (χ1v) is 21.9. The molecule has 0 aliphatic rings. The lowest BCUT2D eigenvalue weighted by atomic mass is 9.98. The molecule has 10 aromatic carbocycles. The molecule has 0 aliphatic carbocycles.